The molecule has 1 aromatic heterocycles. The molecular weight excluding hydrogens is 335 g/mol. The van der Waals surface area contributed by atoms with E-state index in [2.05, 4.69) is 4.98 Å². The summed E-state index contributed by atoms with van der Waals surface area (Å²) in [5.74, 6) is -0.775. The van der Waals surface area contributed by atoms with Crippen LogP contribution in [0.5, 0.6) is 0 Å². The third-order valence-electron chi connectivity index (χ3n) is 3.89. The van der Waals surface area contributed by atoms with Crippen LogP contribution in [0.3, 0.4) is 0 Å². The number of carbonyl (C=O) groups excluding carboxylic acids is 2. The number of alkyl halides is 3. The number of pyridine rings is 1. The molecule has 0 aliphatic heterocycles. The number of carbonyl (C=O) groups is 2. The molecular formula is C18H12F3NO3. The van der Waals surface area contributed by atoms with Crippen LogP contribution in [0.15, 0.2) is 54.2 Å². The summed E-state index contributed by atoms with van der Waals surface area (Å²) < 4.78 is 43.2. The first-order valence-corrected chi connectivity index (χ1v) is 7.28. The van der Waals surface area contributed by atoms with Crippen LogP contribution in [0.1, 0.15) is 38.1 Å². The van der Waals surface area contributed by atoms with E-state index in [1.54, 1.807) is 18.2 Å². The summed E-state index contributed by atoms with van der Waals surface area (Å²) in [7, 11) is 1.29. The van der Waals surface area contributed by atoms with Gasteiger partial charge in [0.1, 0.15) is 6.10 Å². The average molecular weight is 347 g/mol. The monoisotopic (exact) mass is 347 g/mol. The Morgan fingerprint density at radius 1 is 1.04 bits per heavy atom. The molecule has 25 heavy (non-hydrogen) atoms. The number of aromatic nitrogens is 1. The number of Topliss-reactive ketones (excluding diaryl/α,β-unsaturated/α-hetero) is 1. The van der Waals surface area contributed by atoms with Gasteiger partial charge in [0, 0.05) is 30.0 Å². The second kappa shape index (κ2) is 6.25. The smallest absolute Gasteiger partial charge is 0.370 e. The average Bonchev–Trinajstić information content (AvgIpc) is 2.59. The van der Waals surface area contributed by atoms with Crippen LogP contribution in [0.25, 0.3) is 0 Å². The standard InChI is InChI=1S/C18H12F3NO3/c1-25-17(14-7-6-10(9-22-14)18(19,20)21)13-8-15(23)11-4-2-3-5-12(11)16(13)24/h2-9,17H,1H3. The van der Waals surface area contributed by atoms with Crippen molar-refractivity contribution in [3.05, 3.63) is 76.6 Å². The second-order valence-corrected chi connectivity index (χ2v) is 5.42. The minimum Gasteiger partial charge on any atom is -0.370 e. The third-order valence-corrected chi connectivity index (χ3v) is 3.89. The first-order chi connectivity index (χ1) is 11.8. The van der Waals surface area contributed by atoms with E-state index in [9.17, 15) is 22.8 Å². The molecule has 0 spiro atoms. The minimum absolute atomic E-state index is 0.0402. The molecule has 1 aliphatic rings. The number of halogens is 3. The highest BCUT2D eigenvalue weighted by Crippen LogP contribution is 2.33. The van der Waals surface area contributed by atoms with Crippen LogP contribution < -0.4 is 0 Å². The number of ether oxygens (including phenoxy) is 1. The Labute approximate surface area is 141 Å². The number of hydrogen-bond donors (Lipinski definition) is 0. The van der Waals surface area contributed by atoms with Crippen molar-refractivity contribution in [2.45, 2.75) is 12.3 Å². The molecule has 2 aromatic rings. The molecule has 1 unspecified atom stereocenters. The molecule has 1 heterocycles. The molecule has 0 fully saturated rings. The van der Waals surface area contributed by atoms with Crippen molar-refractivity contribution in [2.75, 3.05) is 7.11 Å². The fraction of sp³-hybridized carbons (Fsp3) is 0.167. The molecule has 128 valence electrons. The lowest BCUT2D eigenvalue weighted by atomic mass is 9.86. The molecule has 0 radical (unpaired) electrons. The van der Waals surface area contributed by atoms with Crippen molar-refractivity contribution in [2.24, 2.45) is 0 Å². The van der Waals surface area contributed by atoms with Gasteiger partial charge in [-0.25, -0.2) is 0 Å². The zero-order valence-electron chi connectivity index (χ0n) is 13.0. The van der Waals surface area contributed by atoms with Crippen molar-refractivity contribution in [3.63, 3.8) is 0 Å². The molecule has 1 atom stereocenters. The summed E-state index contributed by atoms with van der Waals surface area (Å²) in [5, 5.41) is 0. The number of ketones is 2. The number of fused-ring (bicyclic) bond motifs is 1. The van der Waals surface area contributed by atoms with Gasteiger partial charge >= 0.3 is 6.18 Å². The van der Waals surface area contributed by atoms with Crippen LogP contribution >= 0.6 is 0 Å². The molecule has 7 heteroatoms. The van der Waals surface area contributed by atoms with Crippen molar-refractivity contribution < 1.29 is 27.5 Å². The van der Waals surface area contributed by atoms with E-state index in [0.717, 1.165) is 18.2 Å². The van der Waals surface area contributed by atoms with Gasteiger partial charge in [0.25, 0.3) is 0 Å². The van der Waals surface area contributed by atoms with Crippen molar-refractivity contribution >= 4 is 11.6 Å². The molecule has 0 saturated carbocycles. The largest absolute Gasteiger partial charge is 0.417 e. The lowest BCUT2D eigenvalue weighted by molar-refractivity contribution is -0.137. The maximum Gasteiger partial charge on any atom is 0.417 e. The van der Waals surface area contributed by atoms with Crippen LogP contribution in [0.2, 0.25) is 0 Å². The van der Waals surface area contributed by atoms with Gasteiger partial charge in [0.05, 0.1) is 11.3 Å². The van der Waals surface area contributed by atoms with E-state index < -0.39 is 23.6 Å². The van der Waals surface area contributed by atoms with Gasteiger partial charge in [0.15, 0.2) is 11.6 Å². The Kier molecular flexibility index (Phi) is 4.26. The van der Waals surface area contributed by atoms with Gasteiger partial charge in [-0.3, -0.25) is 14.6 Å². The Bertz CT molecular complexity index is 870. The van der Waals surface area contributed by atoms with Gasteiger partial charge in [-0.05, 0) is 18.2 Å². The van der Waals surface area contributed by atoms with Crippen LogP contribution in [-0.2, 0) is 10.9 Å². The first kappa shape index (κ1) is 17.0. The summed E-state index contributed by atoms with van der Waals surface area (Å²) >= 11 is 0. The molecule has 1 aromatic carbocycles. The number of rotatable bonds is 3. The fourth-order valence-electron chi connectivity index (χ4n) is 2.67. The van der Waals surface area contributed by atoms with Crippen molar-refractivity contribution in [1.29, 1.82) is 0 Å². The van der Waals surface area contributed by atoms with E-state index in [4.69, 9.17) is 4.74 Å². The highest BCUT2D eigenvalue weighted by atomic mass is 19.4. The molecule has 1 aliphatic carbocycles. The summed E-state index contributed by atoms with van der Waals surface area (Å²) in [6, 6.07) is 8.34. The number of hydrogen-bond acceptors (Lipinski definition) is 4. The van der Waals surface area contributed by atoms with E-state index >= 15 is 0 Å². The van der Waals surface area contributed by atoms with Crippen LogP contribution in [-0.4, -0.2) is 23.7 Å². The number of benzene rings is 1. The zero-order chi connectivity index (χ0) is 18.2. The molecule has 0 N–H and O–H groups in total. The van der Waals surface area contributed by atoms with Gasteiger partial charge in [0.2, 0.25) is 0 Å². The van der Waals surface area contributed by atoms with E-state index in [1.165, 1.54) is 13.2 Å². The highest BCUT2D eigenvalue weighted by Gasteiger charge is 2.34. The zero-order valence-corrected chi connectivity index (χ0v) is 13.0. The van der Waals surface area contributed by atoms with E-state index in [-0.39, 0.29) is 28.2 Å². The highest BCUT2D eigenvalue weighted by molar-refractivity contribution is 6.24. The fourth-order valence-corrected chi connectivity index (χ4v) is 2.67. The Hall–Kier alpha value is -2.80. The molecule has 0 bridgehead atoms. The number of allylic oxidation sites excluding steroid dienone is 1. The summed E-state index contributed by atoms with van der Waals surface area (Å²) in [6.07, 6.45) is -3.72. The maximum atomic E-state index is 12.7. The Balaban J connectivity index is 1.99. The van der Waals surface area contributed by atoms with Crippen molar-refractivity contribution in [3.8, 4) is 0 Å². The number of nitrogens with zero attached hydrogens (tertiary/aromatic N) is 1. The van der Waals surface area contributed by atoms with Gasteiger partial charge in [-0.15, -0.1) is 0 Å². The Morgan fingerprint density at radius 2 is 1.72 bits per heavy atom. The Morgan fingerprint density at radius 3 is 2.28 bits per heavy atom. The van der Waals surface area contributed by atoms with E-state index in [1.807, 2.05) is 0 Å². The summed E-state index contributed by atoms with van der Waals surface area (Å²) in [5.41, 5.74) is -0.234. The predicted octanol–water partition coefficient (Wildman–Crippen LogP) is 3.79. The molecule has 3 rings (SSSR count). The third kappa shape index (κ3) is 3.10. The SMILES string of the molecule is COC(C1=CC(=O)c2ccccc2C1=O)c1ccc(C(F)(F)F)cn1. The topological polar surface area (TPSA) is 56.3 Å². The molecule has 0 amide bonds. The van der Waals surface area contributed by atoms with Gasteiger partial charge in [-0.2, -0.15) is 13.2 Å². The van der Waals surface area contributed by atoms with Gasteiger partial charge in [-0.1, -0.05) is 24.3 Å². The second-order valence-electron chi connectivity index (χ2n) is 5.42. The lowest BCUT2D eigenvalue weighted by Gasteiger charge is -2.22. The van der Waals surface area contributed by atoms with Gasteiger partial charge < -0.3 is 4.74 Å². The van der Waals surface area contributed by atoms with E-state index in [0.29, 0.717) is 6.20 Å². The maximum absolute atomic E-state index is 12.7. The quantitative estimate of drug-likeness (QED) is 0.848. The van der Waals surface area contributed by atoms with Crippen molar-refractivity contribution in [1.82, 2.24) is 4.98 Å². The molecule has 0 saturated heterocycles. The summed E-state index contributed by atoms with van der Waals surface area (Å²) in [6.45, 7) is 0. The first-order valence-electron chi connectivity index (χ1n) is 7.28. The van der Waals surface area contributed by atoms with Crippen LogP contribution in [0.4, 0.5) is 13.2 Å². The lowest BCUT2D eigenvalue weighted by Crippen LogP contribution is -2.22. The van der Waals surface area contributed by atoms with Crippen LogP contribution in [0, 0.1) is 0 Å². The molecule has 4 nitrogen and oxygen atoms in total. The minimum atomic E-state index is -4.51. The normalized spacial score (nSPS) is 15.6. The summed E-state index contributed by atoms with van der Waals surface area (Å²) in [4.78, 5) is 28.6. The predicted molar refractivity (Wildman–Crippen MR) is 82.2 cm³/mol. The number of methoxy groups -OCH3 is 1.